The molecule has 1 heterocycles. The van der Waals surface area contributed by atoms with Crippen molar-refractivity contribution in [1.29, 1.82) is 0 Å². The number of hydrogen-bond donors (Lipinski definition) is 2. The van der Waals surface area contributed by atoms with E-state index in [1.165, 1.54) is 18.2 Å². The van der Waals surface area contributed by atoms with Gasteiger partial charge in [-0.3, -0.25) is 14.5 Å². The number of methoxy groups -OCH3 is 1. The van der Waals surface area contributed by atoms with Crippen LogP contribution in [0.2, 0.25) is 0 Å². The minimum absolute atomic E-state index is 0.0484. The van der Waals surface area contributed by atoms with E-state index >= 15 is 0 Å². The van der Waals surface area contributed by atoms with Gasteiger partial charge in [0.25, 0.3) is 0 Å². The highest BCUT2D eigenvalue weighted by Gasteiger charge is 2.13. The number of hydrogen-bond acceptors (Lipinski definition) is 4. The number of rotatable bonds is 5. The van der Waals surface area contributed by atoms with Crippen molar-refractivity contribution in [3.8, 4) is 17.1 Å². The standard InChI is InChI=1S/C17H15FN4O2S/c1-24-14-7-5-11(6-8-14)16-20-21-17(25)22(16)10-15(23)19-13-4-2-3-12(18)9-13/h2-9H,10H2,1H3,(H,19,23)(H,21,25). The van der Waals surface area contributed by atoms with Crippen LogP contribution < -0.4 is 10.1 Å². The first kappa shape index (κ1) is 16.8. The van der Waals surface area contributed by atoms with E-state index in [1.807, 2.05) is 12.1 Å². The lowest BCUT2D eigenvalue weighted by molar-refractivity contribution is -0.116. The molecule has 2 aromatic carbocycles. The number of amides is 1. The van der Waals surface area contributed by atoms with Gasteiger partial charge in [0.15, 0.2) is 10.6 Å². The second-order valence-corrected chi connectivity index (χ2v) is 5.61. The van der Waals surface area contributed by atoms with Crippen LogP contribution in [0.4, 0.5) is 10.1 Å². The van der Waals surface area contributed by atoms with Gasteiger partial charge in [0, 0.05) is 11.3 Å². The van der Waals surface area contributed by atoms with E-state index in [-0.39, 0.29) is 12.5 Å². The summed E-state index contributed by atoms with van der Waals surface area (Å²) >= 11 is 5.21. The number of aromatic nitrogens is 3. The summed E-state index contributed by atoms with van der Waals surface area (Å²) in [6, 6.07) is 12.9. The predicted molar refractivity (Wildman–Crippen MR) is 94.4 cm³/mol. The van der Waals surface area contributed by atoms with Gasteiger partial charge in [-0.1, -0.05) is 6.07 Å². The van der Waals surface area contributed by atoms with E-state index in [0.29, 0.717) is 22.0 Å². The molecule has 1 amide bonds. The van der Waals surface area contributed by atoms with Gasteiger partial charge in [-0.15, -0.1) is 0 Å². The molecule has 0 saturated heterocycles. The summed E-state index contributed by atoms with van der Waals surface area (Å²) in [5.41, 5.74) is 1.16. The van der Waals surface area contributed by atoms with Crippen LogP contribution in [0, 0.1) is 10.6 Å². The number of carbonyl (C=O) groups is 1. The van der Waals surface area contributed by atoms with Gasteiger partial charge < -0.3 is 10.1 Å². The Morgan fingerprint density at radius 3 is 2.76 bits per heavy atom. The molecule has 2 N–H and O–H groups in total. The molecule has 3 aromatic rings. The minimum atomic E-state index is -0.420. The lowest BCUT2D eigenvalue weighted by atomic mass is 10.2. The second-order valence-electron chi connectivity index (χ2n) is 5.23. The summed E-state index contributed by atoms with van der Waals surface area (Å²) in [5, 5.41) is 9.51. The van der Waals surface area contributed by atoms with Crippen molar-refractivity contribution in [2.24, 2.45) is 0 Å². The van der Waals surface area contributed by atoms with Gasteiger partial charge in [0.2, 0.25) is 5.91 Å². The highest BCUT2D eigenvalue weighted by atomic mass is 32.1. The van der Waals surface area contributed by atoms with E-state index < -0.39 is 5.82 Å². The summed E-state index contributed by atoms with van der Waals surface area (Å²) in [6.45, 7) is -0.0484. The Kier molecular flexibility index (Phi) is 4.90. The summed E-state index contributed by atoms with van der Waals surface area (Å²) < 4.78 is 20.2. The van der Waals surface area contributed by atoms with Gasteiger partial charge >= 0.3 is 0 Å². The van der Waals surface area contributed by atoms with E-state index in [4.69, 9.17) is 17.0 Å². The Morgan fingerprint density at radius 2 is 2.08 bits per heavy atom. The maximum absolute atomic E-state index is 13.2. The zero-order chi connectivity index (χ0) is 17.8. The van der Waals surface area contributed by atoms with Crippen molar-refractivity contribution in [1.82, 2.24) is 14.8 Å². The van der Waals surface area contributed by atoms with E-state index in [0.717, 1.165) is 5.56 Å². The molecule has 8 heteroatoms. The van der Waals surface area contributed by atoms with Crippen LogP contribution >= 0.6 is 12.2 Å². The van der Waals surface area contributed by atoms with Crippen LogP contribution in [0.1, 0.15) is 0 Å². The zero-order valence-electron chi connectivity index (χ0n) is 13.3. The number of nitrogens with zero attached hydrogens (tertiary/aromatic N) is 2. The quantitative estimate of drug-likeness (QED) is 0.686. The number of carbonyl (C=O) groups excluding carboxylic acids is 1. The fraction of sp³-hybridized carbons (Fsp3) is 0.118. The van der Waals surface area contributed by atoms with Crippen LogP contribution in [-0.2, 0) is 11.3 Å². The first-order valence-electron chi connectivity index (χ1n) is 7.42. The molecule has 0 fully saturated rings. The monoisotopic (exact) mass is 358 g/mol. The van der Waals surface area contributed by atoms with Gasteiger partial charge in [0.05, 0.1) is 7.11 Å². The first-order chi connectivity index (χ1) is 12.1. The van der Waals surface area contributed by atoms with E-state index in [9.17, 15) is 9.18 Å². The predicted octanol–water partition coefficient (Wildman–Crippen LogP) is 3.39. The molecule has 0 saturated carbocycles. The molecule has 0 unspecified atom stereocenters. The molecule has 0 spiro atoms. The second kappa shape index (κ2) is 7.27. The van der Waals surface area contributed by atoms with Gasteiger partial charge in [0.1, 0.15) is 18.1 Å². The van der Waals surface area contributed by atoms with Crippen LogP contribution in [0.5, 0.6) is 5.75 Å². The third-order valence-electron chi connectivity index (χ3n) is 3.52. The van der Waals surface area contributed by atoms with Gasteiger partial charge in [-0.2, -0.15) is 5.10 Å². The van der Waals surface area contributed by atoms with Crippen molar-refractivity contribution >= 4 is 23.8 Å². The third-order valence-corrected chi connectivity index (χ3v) is 3.83. The number of H-pyrrole nitrogens is 1. The molecule has 0 atom stereocenters. The normalized spacial score (nSPS) is 10.5. The summed E-state index contributed by atoms with van der Waals surface area (Å²) in [7, 11) is 1.59. The molecule has 0 aliphatic rings. The van der Waals surface area contributed by atoms with Crippen LogP contribution in [0.25, 0.3) is 11.4 Å². The Morgan fingerprint density at radius 1 is 1.32 bits per heavy atom. The molecule has 6 nitrogen and oxygen atoms in total. The van der Waals surface area contributed by atoms with E-state index in [1.54, 1.807) is 29.9 Å². The average Bonchev–Trinajstić information content (AvgIpc) is 2.95. The van der Waals surface area contributed by atoms with Crippen molar-refractivity contribution in [3.05, 3.63) is 59.1 Å². The van der Waals surface area contributed by atoms with Crippen molar-refractivity contribution < 1.29 is 13.9 Å². The third kappa shape index (κ3) is 3.92. The largest absolute Gasteiger partial charge is 0.497 e. The molecule has 0 bridgehead atoms. The lowest BCUT2D eigenvalue weighted by Crippen LogP contribution is -2.19. The van der Waals surface area contributed by atoms with E-state index in [2.05, 4.69) is 15.5 Å². The van der Waals surface area contributed by atoms with Crippen LogP contribution in [0.15, 0.2) is 48.5 Å². The molecule has 1 aromatic heterocycles. The van der Waals surface area contributed by atoms with Gasteiger partial charge in [-0.05, 0) is 54.7 Å². The number of nitrogens with one attached hydrogen (secondary N) is 2. The maximum Gasteiger partial charge on any atom is 0.244 e. The lowest BCUT2D eigenvalue weighted by Gasteiger charge is -2.09. The molecule has 0 radical (unpaired) electrons. The molecular weight excluding hydrogens is 343 g/mol. The summed E-state index contributed by atoms with van der Waals surface area (Å²) in [5.74, 6) is 0.491. The Bertz CT molecular complexity index is 950. The van der Waals surface area contributed by atoms with Crippen molar-refractivity contribution in [2.75, 3.05) is 12.4 Å². The molecule has 0 aliphatic carbocycles. The number of ether oxygens (including phenoxy) is 1. The van der Waals surface area contributed by atoms with Crippen LogP contribution in [0.3, 0.4) is 0 Å². The molecule has 3 rings (SSSR count). The Labute approximate surface area is 148 Å². The van der Waals surface area contributed by atoms with Crippen molar-refractivity contribution in [2.45, 2.75) is 6.54 Å². The number of aromatic amines is 1. The highest BCUT2D eigenvalue weighted by Crippen LogP contribution is 2.21. The number of anilines is 1. The Hall–Kier alpha value is -3.00. The van der Waals surface area contributed by atoms with Crippen molar-refractivity contribution in [3.63, 3.8) is 0 Å². The Balaban J connectivity index is 1.81. The SMILES string of the molecule is COc1ccc(-c2n[nH]c(=S)n2CC(=O)Nc2cccc(F)c2)cc1. The molecule has 0 aliphatic heterocycles. The molecular formula is C17H15FN4O2S. The summed E-state index contributed by atoms with van der Waals surface area (Å²) in [4.78, 5) is 12.3. The topological polar surface area (TPSA) is 71.9 Å². The molecule has 128 valence electrons. The average molecular weight is 358 g/mol. The molecule has 25 heavy (non-hydrogen) atoms. The smallest absolute Gasteiger partial charge is 0.244 e. The van der Waals surface area contributed by atoms with Crippen LogP contribution in [-0.4, -0.2) is 27.8 Å². The highest BCUT2D eigenvalue weighted by molar-refractivity contribution is 7.71. The minimum Gasteiger partial charge on any atom is -0.497 e. The number of halogens is 1. The maximum atomic E-state index is 13.2. The summed E-state index contributed by atoms with van der Waals surface area (Å²) in [6.07, 6.45) is 0. The fourth-order valence-corrected chi connectivity index (χ4v) is 2.53. The zero-order valence-corrected chi connectivity index (χ0v) is 14.1. The van der Waals surface area contributed by atoms with Gasteiger partial charge in [-0.25, -0.2) is 4.39 Å². The fourth-order valence-electron chi connectivity index (χ4n) is 2.34. The number of benzene rings is 2. The first-order valence-corrected chi connectivity index (χ1v) is 7.82.